The molecule has 0 radical (unpaired) electrons. The van der Waals surface area contributed by atoms with Crippen molar-refractivity contribution in [3.05, 3.63) is 70.6 Å². The summed E-state index contributed by atoms with van der Waals surface area (Å²) >= 11 is 6.34. The predicted octanol–water partition coefficient (Wildman–Crippen LogP) is 3.97. The first-order valence-electron chi connectivity index (χ1n) is 6.32. The van der Waals surface area contributed by atoms with Crippen LogP contribution in [0, 0.1) is 5.82 Å². The number of benzene rings is 2. The molecule has 3 aromatic rings. The number of hydrogen-bond acceptors (Lipinski definition) is 1. The molecule has 0 aliphatic rings. The van der Waals surface area contributed by atoms with Gasteiger partial charge in [0.15, 0.2) is 0 Å². The van der Waals surface area contributed by atoms with Crippen molar-refractivity contribution < 1.29 is 9.50 Å². The Morgan fingerprint density at radius 3 is 2.50 bits per heavy atom. The van der Waals surface area contributed by atoms with Crippen LogP contribution in [0.2, 0.25) is 5.15 Å². The van der Waals surface area contributed by atoms with Crippen LogP contribution < -0.4 is 0 Å². The Morgan fingerprint density at radius 1 is 1.05 bits per heavy atom. The standard InChI is InChI=1S/C16H13ClFNO/c17-16-13(10-20)12-6-2-4-8-15(12)19(16)9-11-5-1-3-7-14(11)18/h1-8,20H,9-10H2. The zero-order valence-electron chi connectivity index (χ0n) is 10.7. The second-order valence-electron chi connectivity index (χ2n) is 4.62. The van der Waals surface area contributed by atoms with Crippen LogP contribution in [0.1, 0.15) is 11.1 Å². The van der Waals surface area contributed by atoms with Crippen molar-refractivity contribution >= 4 is 22.5 Å². The van der Waals surface area contributed by atoms with Crippen molar-refractivity contribution in [3.8, 4) is 0 Å². The van der Waals surface area contributed by atoms with Gasteiger partial charge < -0.3 is 9.67 Å². The molecule has 1 aromatic heterocycles. The summed E-state index contributed by atoms with van der Waals surface area (Å²) in [5, 5.41) is 10.8. The molecule has 0 saturated carbocycles. The maximum absolute atomic E-state index is 13.8. The molecule has 2 nitrogen and oxygen atoms in total. The summed E-state index contributed by atoms with van der Waals surface area (Å²) in [6.07, 6.45) is 0. The number of hydrogen-bond donors (Lipinski definition) is 1. The van der Waals surface area contributed by atoms with E-state index in [-0.39, 0.29) is 12.4 Å². The molecular weight excluding hydrogens is 277 g/mol. The van der Waals surface area contributed by atoms with Gasteiger partial charge in [-0.15, -0.1) is 0 Å². The Balaban J connectivity index is 2.17. The monoisotopic (exact) mass is 289 g/mol. The van der Waals surface area contributed by atoms with Crippen molar-refractivity contribution in [2.24, 2.45) is 0 Å². The number of halogens is 2. The minimum absolute atomic E-state index is 0.135. The van der Waals surface area contributed by atoms with Gasteiger partial charge in [-0.25, -0.2) is 4.39 Å². The topological polar surface area (TPSA) is 25.2 Å². The molecule has 20 heavy (non-hydrogen) atoms. The molecule has 0 saturated heterocycles. The predicted molar refractivity (Wildman–Crippen MR) is 78.4 cm³/mol. The highest BCUT2D eigenvalue weighted by Crippen LogP contribution is 2.31. The number of fused-ring (bicyclic) bond motifs is 1. The summed E-state index contributed by atoms with van der Waals surface area (Å²) in [6.45, 7) is 0.204. The third-order valence-corrected chi connectivity index (χ3v) is 3.88. The second-order valence-corrected chi connectivity index (χ2v) is 4.98. The van der Waals surface area contributed by atoms with E-state index in [4.69, 9.17) is 11.6 Å². The number of aliphatic hydroxyl groups excluding tert-OH is 1. The SMILES string of the molecule is OCc1c(Cl)n(Cc2ccccc2F)c2ccccc12. The van der Waals surface area contributed by atoms with E-state index in [2.05, 4.69) is 0 Å². The lowest BCUT2D eigenvalue weighted by Gasteiger charge is -2.08. The smallest absolute Gasteiger partial charge is 0.128 e. The minimum atomic E-state index is -0.258. The highest BCUT2D eigenvalue weighted by molar-refractivity contribution is 6.32. The van der Waals surface area contributed by atoms with Gasteiger partial charge >= 0.3 is 0 Å². The number of aromatic nitrogens is 1. The quantitative estimate of drug-likeness (QED) is 0.775. The van der Waals surface area contributed by atoms with Crippen molar-refractivity contribution in [1.29, 1.82) is 0 Å². The maximum atomic E-state index is 13.8. The lowest BCUT2D eigenvalue weighted by molar-refractivity contribution is 0.283. The third-order valence-electron chi connectivity index (χ3n) is 3.45. The third kappa shape index (κ3) is 2.09. The fourth-order valence-corrected chi connectivity index (χ4v) is 2.76. The van der Waals surface area contributed by atoms with Gasteiger partial charge in [0.25, 0.3) is 0 Å². The number of para-hydroxylation sites is 1. The summed E-state index contributed by atoms with van der Waals surface area (Å²) in [7, 11) is 0. The van der Waals surface area contributed by atoms with Gasteiger partial charge in [0.05, 0.1) is 13.2 Å². The fraction of sp³-hybridized carbons (Fsp3) is 0.125. The van der Waals surface area contributed by atoms with Crippen LogP contribution in [0.25, 0.3) is 10.9 Å². The van der Waals surface area contributed by atoms with E-state index in [0.717, 1.165) is 10.9 Å². The lowest BCUT2D eigenvalue weighted by Crippen LogP contribution is -2.02. The van der Waals surface area contributed by atoms with E-state index in [1.54, 1.807) is 18.2 Å². The molecule has 1 N–H and O–H groups in total. The average Bonchev–Trinajstić information content (AvgIpc) is 2.74. The molecule has 0 fully saturated rings. The summed E-state index contributed by atoms with van der Waals surface area (Å²) in [4.78, 5) is 0. The highest BCUT2D eigenvalue weighted by Gasteiger charge is 2.15. The summed E-state index contributed by atoms with van der Waals surface area (Å²) in [6, 6.07) is 14.2. The van der Waals surface area contributed by atoms with Crippen LogP contribution in [0.3, 0.4) is 0 Å². The second kappa shape index (κ2) is 5.27. The van der Waals surface area contributed by atoms with E-state index in [1.807, 2.05) is 28.8 Å². The van der Waals surface area contributed by atoms with E-state index >= 15 is 0 Å². The number of rotatable bonds is 3. The van der Waals surface area contributed by atoms with E-state index in [0.29, 0.717) is 22.8 Å². The fourth-order valence-electron chi connectivity index (χ4n) is 2.45. The molecule has 0 aliphatic carbocycles. The first-order valence-corrected chi connectivity index (χ1v) is 6.70. The van der Waals surface area contributed by atoms with Gasteiger partial charge in [-0.1, -0.05) is 48.0 Å². The van der Waals surface area contributed by atoms with Gasteiger partial charge in [0.2, 0.25) is 0 Å². The molecule has 0 atom stereocenters. The summed E-state index contributed by atoms with van der Waals surface area (Å²) in [5.74, 6) is -0.258. The molecule has 4 heteroatoms. The van der Waals surface area contributed by atoms with Gasteiger partial charge in [0.1, 0.15) is 11.0 Å². The Bertz CT molecular complexity index is 766. The van der Waals surface area contributed by atoms with E-state index < -0.39 is 0 Å². The van der Waals surface area contributed by atoms with Crippen LogP contribution in [0.4, 0.5) is 4.39 Å². The Kier molecular flexibility index (Phi) is 3.47. The molecule has 3 rings (SSSR count). The molecule has 0 bridgehead atoms. The Morgan fingerprint density at radius 2 is 1.75 bits per heavy atom. The first-order chi connectivity index (χ1) is 9.72. The highest BCUT2D eigenvalue weighted by atomic mass is 35.5. The largest absolute Gasteiger partial charge is 0.392 e. The molecule has 0 spiro atoms. The molecular formula is C16H13ClFNO. The molecule has 0 unspecified atom stereocenters. The zero-order chi connectivity index (χ0) is 14.1. The summed E-state index contributed by atoms with van der Waals surface area (Å²) < 4.78 is 15.6. The van der Waals surface area contributed by atoms with Crippen LogP contribution in [-0.4, -0.2) is 9.67 Å². The average molecular weight is 290 g/mol. The van der Waals surface area contributed by atoms with E-state index in [9.17, 15) is 9.50 Å². The van der Waals surface area contributed by atoms with Crippen LogP contribution in [-0.2, 0) is 13.2 Å². The van der Waals surface area contributed by atoms with Crippen molar-refractivity contribution in [2.75, 3.05) is 0 Å². The van der Waals surface area contributed by atoms with Gasteiger partial charge in [0, 0.05) is 22.0 Å². The normalized spacial score (nSPS) is 11.2. The molecule has 0 amide bonds. The van der Waals surface area contributed by atoms with E-state index in [1.165, 1.54) is 6.07 Å². The molecule has 2 aromatic carbocycles. The van der Waals surface area contributed by atoms with Gasteiger partial charge in [-0.05, 0) is 12.1 Å². The van der Waals surface area contributed by atoms with Gasteiger partial charge in [-0.3, -0.25) is 0 Å². The Hall–Kier alpha value is -1.84. The molecule has 1 heterocycles. The van der Waals surface area contributed by atoms with Crippen molar-refractivity contribution in [2.45, 2.75) is 13.2 Å². The number of aliphatic hydroxyl groups is 1. The maximum Gasteiger partial charge on any atom is 0.128 e. The Labute approximate surface area is 121 Å². The molecule has 102 valence electrons. The van der Waals surface area contributed by atoms with Crippen LogP contribution in [0.15, 0.2) is 48.5 Å². The van der Waals surface area contributed by atoms with Crippen molar-refractivity contribution in [3.63, 3.8) is 0 Å². The van der Waals surface area contributed by atoms with Gasteiger partial charge in [-0.2, -0.15) is 0 Å². The lowest BCUT2D eigenvalue weighted by atomic mass is 10.2. The van der Waals surface area contributed by atoms with Crippen molar-refractivity contribution in [1.82, 2.24) is 4.57 Å². The molecule has 0 aliphatic heterocycles. The minimum Gasteiger partial charge on any atom is -0.392 e. The summed E-state index contributed by atoms with van der Waals surface area (Å²) in [5.41, 5.74) is 2.14. The number of nitrogens with zero attached hydrogens (tertiary/aromatic N) is 1. The first kappa shape index (κ1) is 13.2. The van der Waals surface area contributed by atoms with Crippen LogP contribution >= 0.6 is 11.6 Å². The zero-order valence-corrected chi connectivity index (χ0v) is 11.4. The van der Waals surface area contributed by atoms with Crippen LogP contribution in [0.5, 0.6) is 0 Å².